The second kappa shape index (κ2) is 5.64. The molecule has 0 saturated heterocycles. The van der Waals surface area contributed by atoms with Gasteiger partial charge in [0.2, 0.25) is 0 Å². The number of ether oxygens (including phenoxy) is 1. The number of unbranched alkanes of at least 4 members (excludes halogenated alkanes) is 2. The van der Waals surface area contributed by atoms with E-state index in [1.54, 1.807) is 0 Å². The molecule has 0 N–H and O–H groups in total. The van der Waals surface area contributed by atoms with E-state index >= 15 is 0 Å². The van der Waals surface area contributed by atoms with Crippen LogP contribution >= 0.6 is 0 Å². The molecular weight excluding hydrogens is 148 g/mol. The van der Waals surface area contributed by atoms with Crippen molar-refractivity contribution < 1.29 is 4.74 Å². The van der Waals surface area contributed by atoms with Gasteiger partial charge in [0.15, 0.2) is 0 Å². The second-order valence-electron chi connectivity index (χ2n) is 2.74. The minimum atomic E-state index is 0.925. The molecule has 0 aromatic heterocycles. The lowest BCUT2D eigenvalue weighted by Crippen LogP contribution is -1.88. The highest BCUT2D eigenvalue weighted by Gasteiger charge is 1.90. The van der Waals surface area contributed by atoms with E-state index in [1.807, 2.05) is 36.9 Å². The van der Waals surface area contributed by atoms with Crippen molar-refractivity contribution in [2.24, 2.45) is 0 Å². The number of para-hydroxylation sites is 1. The van der Waals surface area contributed by atoms with Crippen LogP contribution in [0.1, 0.15) is 26.2 Å². The second-order valence-corrected chi connectivity index (χ2v) is 2.74. The van der Waals surface area contributed by atoms with Gasteiger partial charge in [-0.1, -0.05) is 31.5 Å². The zero-order valence-electron chi connectivity index (χ0n) is 7.49. The van der Waals surface area contributed by atoms with Gasteiger partial charge >= 0.3 is 0 Å². The van der Waals surface area contributed by atoms with Gasteiger partial charge in [-0.3, -0.25) is 0 Å². The van der Waals surface area contributed by atoms with Crippen molar-refractivity contribution in [1.29, 1.82) is 0 Å². The Balaban J connectivity index is 2.16. The molecule has 0 unspecified atom stereocenters. The fraction of sp³-hybridized carbons (Fsp3) is 0.364. The SMILES string of the molecule is CCCC[CH]Oc1ccccc1. The minimum Gasteiger partial charge on any atom is -0.487 e. The zero-order valence-corrected chi connectivity index (χ0v) is 7.49. The first-order valence-corrected chi connectivity index (χ1v) is 4.47. The van der Waals surface area contributed by atoms with E-state index in [0.717, 1.165) is 12.2 Å². The molecule has 0 heterocycles. The smallest absolute Gasteiger partial charge is 0.135 e. The van der Waals surface area contributed by atoms with Gasteiger partial charge in [0.05, 0.1) is 0 Å². The Morgan fingerprint density at radius 1 is 1.25 bits per heavy atom. The molecular formula is C11H15O. The number of benzene rings is 1. The van der Waals surface area contributed by atoms with Crippen molar-refractivity contribution in [3.05, 3.63) is 36.9 Å². The zero-order chi connectivity index (χ0) is 8.65. The molecule has 0 aliphatic carbocycles. The summed E-state index contributed by atoms with van der Waals surface area (Å²) in [6, 6.07) is 9.86. The molecule has 1 heteroatoms. The maximum Gasteiger partial charge on any atom is 0.135 e. The average molecular weight is 163 g/mol. The highest BCUT2D eigenvalue weighted by molar-refractivity contribution is 5.21. The third-order valence-corrected chi connectivity index (χ3v) is 1.64. The maximum absolute atomic E-state index is 5.38. The monoisotopic (exact) mass is 163 g/mol. The normalized spacial score (nSPS) is 9.75. The lowest BCUT2D eigenvalue weighted by molar-refractivity contribution is 0.386. The first kappa shape index (κ1) is 9.11. The molecule has 0 atom stereocenters. The third kappa shape index (κ3) is 3.42. The summed E-state index contributed by atoms with van der Waals surface area (Å²) >= 11 is 0. The quantitative estimate of drug-likeness (QED) is 0.604. The van der Waals surface area contributed by atoms with Crippen LogP contribution in [0.15, 0.2) is 30.3 Å². The van der Waals surface area contributed by atoms with Crippen molar-refractivity contribution in [2.75, 3.05) is 0 Å². The lowest BCUT2D eigenvalue weighted by atomic mass is 10.3. The first-order valence-electron chi connectivity index (χ1n) is 4.47. The van der Waals surface area contributed by atoms with Crippen LogP contribution in [0.2, 0.25) is 0 Å². The van der Waals surface area contributed by atoms with Crippen molar-refractivity contribution in [3.8, 4) is 5.75 Å². The van der Waals surface area contributed by atoms with Gasteiger partial charge in [-0.2, -0.15) is 0 Å². The van der Waals surface area contributed by atoms with Gasteiger partial charge in [0.25, 0.3) is 0 Å². The van der Waals surface area contributed by atoms with Crippen LogP contribution in [0.4, 0.5) is 0 Å². The highest BCUT2D eigenvalue weighted by atomic mass is 16.5. The molecule has 0 amide bonds. The Bertz CT molecular complexity index is 193. The molecule has 1 nitrogen and oxygen atoms in total. The Labute approximate surface area is 74.4 Å². The summed E-state index contributed by atoms with van der Waals surface area (Å²) in [6.07, 6.45) is 3.45. The molecule has 1 radical (unpaired) electrons. The van der Waals surface area contributed by atoms with Crippen LogP contribution in [-0.4, -0.2) is 0 Å². The Morgan fingerprint density at radius 3 is 2.67 bits per heavy atom. The Morgan fingerprint density at radius 2 is 2.00 bits per heavy atom. The summed E-state index contributed by atoms with van der Waals surface area (Å²) in [5.74, 6) is 0.925. The molecule has 12 heavy (non-hydrogen) atoms. The molecule has 1 aromatic rings. The molecule has 65 valence electrons. The number of hydrogen-bond donors (Lipinski definition) is 0. The van der Waals surface area contributed by atoms with Gasteiger partial charge in [-0.15, -0.1) is 0 Å². The maximum atomic E-state index is 5.38. The predicted molar refractivity (Wildman–Crippen MR) is 50.9 cm³/mol. The standard InChI is InChI=1S/C11H15O/c1-2-3-7-10-12-11-8-5-4-6-9-11/h4-6,8-10H,2-3,7H2,1H3. The first-order chi connectivity index (χ1) is 5.93. The van der Waals surface area contributed by atoms with Crippen molar-refractivity contribution >= 4 is 0 Å². The van der Waals surface area contributed by atoms with E-state index < -0.39 is 0 Å². The van der Waals surface area contributed by atoms with E-state index in [0.29, 0.717) is 0 Å². The molecule has 0 aliphatic heterocycles. The minimum absolute atomic E-state index is 0.925. The van der Waals surface area contributed by atoms with Crippen molar-refractivity contribution in [3.63, 3.8) is 0 Å². The molecule has 1 rings (SSSR count). The van der Waals surface area contributed by atoms with E-state index in [2.05, 4.69) is 6.92 Å². The van der Waals surface area contributed by atoms with E-state index in [9.17, 15) is 0 Å². The molecule has 0 fully saturated rings. The van der Waals surface area contributed by atoms with Crippen LogP contribution in [0.3, 0.4) is 0 Å². The van der Waals surface area contributed by atoms with Crippen LogP contribution in [0.5, 0.6) is 5.75 Å². The molecule has 0 aliphatic rings. The third-order valence-electron chi connectivity index (χ3n) is 1.64. The predicted octanol–water partition coefficient (Wildman–Crippen LogP) is 3.42. The topological polar surface area (TPSA) is 9.23 Å². The van der Waals surface area contributed by atoms with Crippen molar-refractivity contribution in [2.45, 2.75) is 26.2 Å². The summed E-state index contributed by atoms with van der Waals surface area (Å²) in [5, 5.41) is 0. The van der Waals surface area contributed by atoms with Crippen LogP contribution < -0.4 is 4.74 Å². The summed E-state index contributed by atoms with van der Waals surface area (Å²) < 4.78 is 5.38. The van der Waals surface area contributed by atoms with Crippen LogP contribution in [-0.2, 0) is 0 Å². The Hall–Kier alpha value is -0.980. The summed E-state index contributed by atoms with van der Waals surface area (Å²) in [7, 11) is 0. The molecule has 0 bridgehead atoms. The highest BCUT2D eigenvalue weighted by Crippen LogP contribution is 2.10. The van der Waals surface area contributed by atoms with Gasteiger partial charge in [-0.25, -0.2) is 0 Å². The Kier molecular flexibility index (Phi) is 4.28. The number of hydrogen-bond acceptors (Lipinski definition) is 1. The molecule has 0 saturated carbocycles. The van der Waals surface area contributed by atoms with Crippen LogP contribution in [0, 0.1) is 6.61 Å². The fourth-order valence-corrected chi connectivity index (χ4v) is 0.942. The van der Waals surface area contributed by atoms with Gasteiger partial charge < -0.3 is 4.74 Å². The summed E-state index contributed by atoms with van der Waals surface area (Å²) in [5.41, 5.74) is 0. The van der Waals surface area contributed by atoms with Crippen LogP contribution in [0.25, 0.3) is 0 Å². The van der Waals surface area contributed by atoms with E-state index in [4.69, 9.17) is 4.74 Å². The molecule has 1 aromatic carbocycles. The van der Waals surface area contributed by atoms with E-state index in [1.165, 1.54) is 12.8 Å². The largest absolute Gasteiger partial charge is 0.487 e. The van der Waals surface area contributed by atoms with Crippen molar-refractivity contribution in [1.82, 2.24) is 0 Å². The van der Waals surface area contributed by atoms with Gasteiger partial charge in [0, 0.05) is 0 Å². The van der Waals surface area contributed by atoms with Gasteiger partial charge in [0.1, 0.15) is 12.4 Å². The van der Waals surface area contributed by atoms with Gasteiger partial charge in [-0.05, 0) is 25.0 Å². The molecule has 0 spiro atoms. The van der Waals surface area contributed by atoms with E-state index in [-0.39, 0.29) is 0 Å². The average Bonchev–Trinajstić information content (AvgIpc) is 2.14. The number of rotatable bonds is 5. The summed E-state index contributed by atoms with van der Waals surface area (Å²) in [4.78, 5) is 0. The summed E-state index contributed by atoms with van der Waals surface area (Å²) in [6.45, 7) is 4.05. The lowest BCUT2D eigenvalue weighted by Gasteiger charge is -2.02. The fourth-order valence-electron chi connectivity index (χ4n) is 0.942.